The molecule has 29 heavy (non-hydrogen) atoms. The Labute approximate surface area is 179 Å². The number of carbonyl (C=O) groups excluding carboxylic acids is 1. The fourth-order valence-electron chi connectivity index (χ4n) is 4.71. The molecule has 2 aliphatic rings. The van der Waals surface area contributed by atoms with Crippen molar-refractivity contribution in [2.24, 2.45) is 0 Å². The van der Waals surface area contributed by atoms with Crippen LogP contribution in [0.1, 0.15) is 64.1 Å². The van der Waals surface area contributed by atoms with E-state index >= 15 is 0 Å². The number of piperidine rings is 1. The molecule has 0 bridgehead atoms. The van der Waals surface area contributed by atoms with Crippen molar-refractivity contribution in [3.05, 3.63) is 29.3 Å². The average molecular weight is 421 g/mol. The molecule has 0 saturated carbocycles. The molecular weight excluding hydrogens is 390 g/mol. The zero-order valence-corrected chi connectivity index (χ0v) is 18.4. The second-order valence-electron chi connectivity index (χ2n) is 9.10. The Balaban J connectivity index is 0.00000300. The van der Waals surface area contributed by atoms with Crippen LogP contribution in [0.15, 0.2) is 18.2 Å². The Morgan fingerprint density at radius 1 is 1.28 bits per heavy atom. The molecule has 1 amide bonds. The number of terminal acetylenes is 1. The van der Waals surface area contributed by atoms with Gasteiger partial charge in [-0.05, 0) is 76.6 Å². The number of aryl methyl sites for hydroxylation is 1. The lowest BCUT2D eigenvalue weighted by molar-refractivity contribution is -0.289. The Hall–Kier alpha value is -1.78. The summed E-state index contributed by atoms with van der Waals surface area (Å²) in [7, 11) is 0. The third-order valence-corrected chi connectivity index (χ3v) is 5.77. The lowest BCUT2D eigenvalue weighted by atomic mass is 9.79. The van der Waals surface area contributed by atoms with Gasteiger partial charge in [0, 0.05) is 23.2 Å². The van der Waals surface area contributed by atoms with E-state index in [1.54, 1.807) is 0 Å². The molecule has 1 aliphatic heterocycles. The van der Waals surface area contributed by atoms with Crippen LogP contribution in [0.3, 0.4) is 0 Å². The Kier molecular flexibility index (Phi) is 7.23. The maximum atomic E-state index is 12.5. The molecule has 1 aromatic rings. The summed E-state index contributed by atoms with van der Waals surface area (Å²) >= 11 is 0. The number of ether oxygens (including phenoxy) is 1. The standard InChI is InChI=1S/C22H30N3O3.ClH/c1-6-11-23-19-10-8-15-7-9-17(12-18(15)19)28-20(26)24-16-13-21(2,3)25(27)22(4,5)14-16;/h1,7,9,12,16,19,23H,8,10-11,13-14H2,2-5H3,(H,24,26);1H/t19-;/m1./s1. The van der Waals surface area contributed by atoms with Gasteiger partial charge in [-0.1, -0.05) is 12.0 Å². The number of halogens is 1. The van der Waals surface area contributed by atoms with E-state index in [2.05, 4.69) is 16.6 Å². The smallest absolute Gasteiger partial charge is 0.410 e. The van der Waals surface area contributed by atoms with Gasteiger partial charge in [0.05, 0.1) is 6.54 Å². The van der Waals surface area contributed by atoms with E-state index in [-0.39, 0.29) is 24.5 Å². The second kappa shape index (κ2) is 8.93. The van der Waals surface area contributed by atoms with Gasteiger partial charge in [0.2, 0.25) is 0 Å². The first-order valence-electron chi connectivity index (χ1n) is 9.88. The zero-order valence-electron chi connectivity index (χ0n) is 17.6. The van der Waals surface area contributed by atoms with Crippen LogP contribution >= 0.6 is 12.4 Å². The van der Waals surface area contributed by atoms with Gasteiger partial charge in [0.1, 0.15) is 5.75 Å². The number of rotatable bonds is 4. The summed E-state index contributed by atoms with van der Waals surface area (Å²) < 4.78 is 5.55. The Morgan fingerprint density at radius 2 is 1.93 bits per heavy atom. The van der Waals surface area contributed by atoms with Crippen molar-refractivity contribution in [2.75, 3.05) is 6.54 Å². The average Bonchev–Trinajstić information content (AvgIpc) is 2.99. The van der Waals surface area contributed by atoms with Crippen molar-refractivity contribution in [3.63, 3.8) is 0 Å². The highest BCUT2D eigenvalue weighted by atomic mass is 35.5. The monoisotopic (exact) mass is 420 g/mol. The summed E-state index contributed by atoms with van der Waals surface area (Å²) in [6, 6.07) is 5.85. The van der Waals surface area contributed by atoms with Crippen LogP contribution in [0.5, 0.6) is 5.75 Å². The van der Waals surface area contributed by atoms with Crippen LogP contribution in [0.25, 0.3) is 0 Å². The lowest BCUT2D eigenvalue weighted by Crippen LogP contribution is -2.62. The van der Waals surface area contributed by atoms with Crippen molar-refractivity contribution in [1.82, 2.24) is 15.7 Å². The maximum absolute atomic E-state index is 12.5. The molecule has 0 spiro atoms. The van der Waals surface area contributed by atoms with E-state index in [9.17, 15) is 10.0 Å². The summed E-state index contributed by atoms with van der Waals surface area (Å²) in [5, 5.41) is 19.9. The number of hydroxylamine groups is 2. The molecule has 3 rings (SSSR count). The van der Waals surface area contributed by atoms with Crippen LogP contribution in [-0.2, 0) is 11.6 Å². The number of hydrogen-bond acceptors (Lipinski definition) is 4. The van der Waals surface area contributed by atoms with Crippen LogP contribution in [0, 0.1) is 12.3 Å². The highest BCUT2D eigenvalue weighted by Gasteiger charge is 2.46. The fourth-order valence-corrected chi connectivity index (χ4v) is 4.71. The van der Waals surface area contributed by atoms with Crippen molar-refractivity contribution < 1.29 is 14.7 Å². The lowest BCUT2D eigenvalue weighted by Gasteiger charge is -2.49. The molecule has 1 heterocycles. The molecule has 2 N–H and O–H groups in total. The highest BCUT2D eigenvalue weighted by molar-refractivity contribution is 5.85. The number of benzene rings is 1. The largest absolute Gasteiger partial charge is 0.412 e. The van der Waals surface area contributed by atoms with E-state index < -0.39 is 17.2 Å². The minimum atomic E-state index is -0.539. The molecule has 1 aliphatic carbocycles. The molecular formula is C22H31ClN3O3. The van der Waals surface area contributed by atoms with Gasteiger partial charge in [-0.3, -0.25) is 5.32 Å². The first kappa shape index (κ1) is 23.5. The number of amides is 1. The third kappa shape index (κ3) is 5.23. The third-order valence-electron chi connectivity index (χ3n) is 5.77. The highest BCUT2D eigenvalue weighted by Crippen LogP contribution is 2.37. The summed E-state index contributed by atoms with van der Waals surface area (Å²) in [5.41, 5.74) is 1.32. The van der Waals surface area contributed by atoms with E-state index in [4.69, 9.17) is 11.2 Å². The first-order valence-corrected chi connectivity index (χ1v) is 9.88. The summed E-state index contributed by atoms with van der Waals surface area (Å²) in [5.74, 6) is 3.12. The maximum Gasteiger partial charge on any atom is 0.412 e. The predicted octanol–water partition coefficient (Wildman–Crippen LogP) is 3.77. The zero-order chi connectivity index (χ0) is 20.5. The minimum Gasteiger partial charge on any atom is -0.410 e. The van der Waals surface area contributed by atoms with Gasteiger partial charge in [-0.25, -0.2) is 4.79 Å². The normalized spacial score (nSPS) is 22.8. The van der Waals surface area contributed by atoms with E-state index in [1.807, 2.05) is 45.9 Å². The Morgan fingerprint density at radius 3 is 2.55 bits per heavy atom. The molecule has 0 aromatic heterocycles. The Bertz CT molecular complexity index is 770. The van der Waals surface area contributed by atoms with Crippen molar-refractivity contribution in [2.45, 2.75) is 76.5 Å². The number of hydrogen-bond donors (Lipinski definition) is 2. The van der Waals surface area contributed by atoms with E-state index in [1.165, 1.54) is 5.56 Å². The van der Waals surface area contributed by atoms with Crippen molar-refractivity contribution in [3.8, 4) is 18.1 Å². The molecule has 1 aromatic carbocycles. The predicted molar refractivity (Wildman–Crippen MR) is 114 cm³/mol. The van der Waals surface area contributed by atoms with Crippen LogP contribution in [0.2, 0.25) is 0 Å². The van der Waals surface area contributed by atoms with Gasteiger partial charge in [0.15, 0.2) is 0 Å². The van der Waals surface area contributed by atoms with Gasteiger partial charge in [-0.2, -0.15) is 0 Å². The summed E-state index contributed by atoms with van der Waals surface area (Å²) in [4.78, 5) is 12.5. The topological polar surface area (TPSA) is 73.5 Å². The number of carbonyl (C=O) groups is 1. The summed E-state index contributed by atoms with van der Waals surface area (Å²) in [6.45, 7) is 8.14. The van der Waals surface area contributed by atoms with Gasteiger partial charge in [0.25, 0.3) is 0 Å². The molecule has 1 fully saturated rings. The van der Waals surface area contributed by atoms with Crippen LogP contribution < -0.4 is 15.4 Å². The van der Waals surface area contributed by atoms with Gasteiger partial charge >= 0.3 is 6.09 Å². The van der Waals surface area contributed by atoms with Crippen LogP contribution in [0.4, 0.5) is 4.79 Å². The molecule has 7 heteroatoms. The molecule has 159 valence electrons. The molecule has 1 radical (unpaired) electrons. The number of fused-ring (bicyclic) bond motifs is 1. The quantitative estimate of drug-likeness (QED) is 0.727. The molecule has 0 unspecified atom stereocenters. The molecule has 1 saturated heterocycles. The number of nitrogens with one attached hydrogen (secondary N) is 2. The van der Waals surface area contributed by atoms with E-state index in [0.29, 0.717) is 25.1 Å². The minimum absolute atomic E-state index is 0. The fraction of sp³-hybridized carbons (Fsp3) is 0.591. The molecule has 6 nitrogen and oxygen atoms in total. The van der Waals surface area contributed by atoms with Gasteiger partial charge < -0.3 is 10.1 Å². The second-order valence-corrected chi connectivity index (χ2v) is 9.10. The number of nitrogens with zero attached hydrogens (tertiary/aromatic N) is 1. The first-order chi connectivity index (χ1) is 13.1. The molecule has 1 atom stereocenters. The van der Waals surface area contributed by atoms with Crippen molar-refractivity contribution in [1.29, 1.82) is 0 Å². The van der Waals surface area contributed by atoms with Gasteiger partial charge in [-0.15, -0.1) is 29.1 Å². The SMILES string of the molecule is C#CCN[C@@H]1CCc2ccc(OC(=O)NC3CC(C)(C)N([O])C(C)(C)C3)cc21.Cl. The van der Waals surface area contributed by atoms with E-state index in [0.717, 1.165) is 23.5 Å². The van der Waals surface area contributed by atoms with Crippen LogP contribution in [-0.4, -0.2) is 34.8 Å². The summed E-state index contributed by atoms with van der Waals surface area (Å²) in [6.07, 6.45) is 8.00. The van der Waals surface area contributed by atoms with Crippen molar-refractivity contribution >= 4 is 18.5 Å².